The first kappa shape index (κ1) is 12.9. The lowest BCUT2D eigenvalue weighted by atomic mass is 9.90. The van der Waals surface area contributed by atoms with E-state index in [1.54, 1.807) is 0 Å². The molecule has 4 rings (SSSR count). The minimum absolute atomic E-state index is 0.0921. The second kappa shape index (κ2) is 5.19. The molecule has 0 fully saturated rings. The minimum atomic E-state index is -0.381. The number of hydrogen-bond donors (Lipinski definition) is 1. The molecule has 2 aliphatic rings. The number of para-hydroxylation sites is 1. The lowest BCUT2D eigenvalue weighted by Gasteiger charge is -2.17. The molecule has 2 nitrogen and oxygen atoms in total. The van der Waals surface area contributed by atoms with E-state index in [4.69, 9.17) is 4.74 Å². The summed E-state index contributed by atoms with van der Waals surface area (Å²) in [5.41, 5.74) is 5.35. The first-order chi connectivity index (χ1) is 10.3. The van der Waals surface area contributed by atoms with Crippen molar-refractivity contribution in [2.75, 3.05) is 6.61 Å². The van der Waals surface area contributed by atoms with E-state index in [2.05, 4.69) is 24.3 Å². The fourth-order valence-electron chi connectivity index (χ4n) is 3.64. The van der Waals surface area contributed by atoms with E-state index in [1.165, 1.54) is 36.0 Å². The first-order valence-corrected chi connectivity index (χ1v) is 7.82. The Balaban J connectivity index is 1.53. The van der Waals surface area contributed by atoms with Crippen molar-refractivity contribution in [3.63, 3.8) is 0 Å². The summed E-state index contributed by atoms with van der Waals surface area (Å²) < 4.78 is 5.68. The SMILES string of the molecule is OC(Cc1ccc2c(c1)CCC2)C1COc2ccccc21. The van der Waals surface area contributed by atoms with Crippen LogP contribution in [0.5, 0.6) is 5.75 Å². The number of aliphatic hydroxyl groups excluding tert-OH is 1. The van der Waals surface area contributed by atoms with Gasteiger partial charge in [0, 0.05) is 11.5 Å². The van der Waals surface area contributed by atoms with Gasteiger partial charge in [0.25, 0.3) is 0 Å². The monoisotopic (exact) mass is 280 g/mol. The predicted molar refractivity (Wildman–Crippen MR) is 82.9 cm³/mol. The van der Waals surface area contributed by atoms with Gasteiger partial charge in [0.15, 0.2) is 0 Å². The molecule has 2 unspecified atom stereocenters. The molecule has 2 aromatic rings. The van der Waals surface area contributed by atoms with E-state index in [0.717, 1.165) is 11.3 Å². The van der Waals surface area contributed by atoms with Crippen LogP contribution in [0.4, 0.5) is 0 Å². The molecule has 1 aliphatic carbocycles. The number of hydrogen-bond acceptors (Lipinski definition) is 2. The fraction of sp³-hybridized carbons (Fsp3) is 0.368. The molecule has 108 valence electrons. The first-order valence-electron chi connectivity index (χ1n) is 7.82. The molecule has 0 saturated heterocycles. The quantitative estimate of drug-likeness (QED) is 0.935. The molecule has 1 aliphatic heterocycles. The molecular weight excluding hydrogens is 260 g/mol. The Labute approximate surface area is 125 Å². The van der Waals surface area contributed by atoms with Crippen LogP contribution in [0.25, 0.3) is 0 Å². The molecule has 21 heavy (non-hydrogen) atoms. The summed E-state index contributed by atoms with van der Waals surface area (Å²) in [7, 11) is 0. The number of ether oxygens (including phenoxy) is 1. The highest BCUT2D eigenvalue weighted by Crippen LogP contribution is 2.36. The number of benzene rings is 2. The Bertz CT molecular complexity index is 662. The van der Waals surface area contributed by atoms with Crippen molar-refractivity contribution in [2.24, 2.45) is 0 Å². The van der Waals surface area contributed by atoms with Gasteiger partial charge in [0.1, 0.15) is 5.75 Å². The van der Waals surface area contributed by atoms with E-state index in [-0.39, 0.29) is 12.0 Å². The zero-order chi connectivity index (χ0) is 14.2. The summed E-state index contributed by atoms with van der Waals surface area (Å²) in [4.78, 5) is 0. The highest BCUT2D eigenvalue weighted by atomic mass is 16.5. The van der Waals surface area contributed by atoms with Gasteiger partial charge >= 0.3 is 0 Å². The Kier molecular flexibility index (Phi) is 3.19. The molecule has 2 atom stereocenters. The van der Waals surface area contributed by atoms with E-state index < -0.39 is 0 Å². The molecular formula is C19H20O2. The number of aliphatic hydroxyl groups is 1. The minimum Gasteiger partial charge on any atom is -0.493 e. The number of aryl methyl sites for hydroxylation is 2. The molecule has 0 radical (unpaired) electrons. The Morgan fingerprint density at radius 1 is 1.10 bits per heavy atom. The van der Waals surface area contributed by atoms with Crippen LogP contribution < -0.4 is 4.74 Å². The summed E-state index contributed by atoms with van der Waals surface area (Å²) >= 11 is 0. The molecule has 2 heteroatoms. The second-order valence-corrected chi connectivity index (χ2v) is 6.18. The number of rotatable bonds is 3. The van der Waals surface area contributed by atoms with Gasteiger partial charge < -0.3 is 9.84 Å². The Morgan fingerprint density at radius 2 is 1.95 bits per heavy atom. The third-order valence-corrected chi connectivity index (χ3v) is 4.81. The van der Waals surface area contributed by atoms with Gasteiger partial charge in [-0.1, -0.05) is 36.4 Å². The fourth-order valence-corrected chi connectivity index (χ4v) is 3.64. The van der Waals surface area contributed by atoms with Crippen LogP contribution in [-0.4, -0.2) is 17.8 Å². The van der Waals surface area contributed by atoms with Crippen LogP contribution in [0.1, 0.15) is 34.6 Å². The predicted octanol–water partition coefficient (Wildman–Crippen LogP) is 3.25. The van der Waals surface area contributed by atoms with Crippen LogP contribution >= 0.6 is 0 Å². The van der Waals surface area contributed by atoms with Crippen LogP contribution in [0.3, 0.4) is 0 Å². The third-order valence-electron chi connectivity index (χ3n) is 4.81. The van der Waals surface area contributed by atoms with Crippen molar-refractivity contribution in [2.45, 2.75) is 37.7 Å². The van der Waals surface area contributed by atoms with E-state index in [1.807, 2.05) is 18.2 Å². The maximum atomic E-state index is 10.6. The molecule has 0 spiro atoms. The van der Waals surface area contributed by atoms with Crippen LogP contribution in [-0.2, 0) is 19.3 Å². The van der Waals surface area contributed by atoms with E-state index >= 15 is 0 Å². The maximum Gasteiger partial charge on any atom is 0.123 e. The van der Waals surface area contributed by atoms with Gasteiger partial charge in [0.05, 0.1) is 12.7 Å². The second-order valence-electron chi connectivity index (χ2n) is 6.18. The van der Waals surface area contributed by atoms with Crippen molar-refractivity contribution in [3.8, 4) is 5.75 Å². The van der Waals surface area contributed by atoms with Gasteiger partial charge in [0.2, 0.25) is 0 Å². The van der Waals surface area contributed by atoms with Crippen molar-refractivity contribution in [3.05, 3.63) is 64.7 Å². The third kappa shape index (κ3) is 2.34. The van der Waals surface area contributed by atoms with Crippen molar-refractivity contribution >= 4 is 0 Å². The summed E-state index contributed by atoms with van der Waals surface area (Å²) in [5.74, 6) is 1.02. The molecule has 0 saturated carbocycles. The topological polar surface area (TPSA) is 29.5 Å². The smallest absolute Gasteiger partial charge is 0.123 e. The van der Waals surface area contributed by atoms with Gasteiger partial charge in [-0.3, -0.25) is 0 Å². The summed E-state index contributed by atoms with van der Waals surface area (Å²) in [6.45, 7) is 0.589. The zero-order valence-electron chi connectivity index (χ0n) is 12.1. The van der Waals surface area contributed by atoms with Crippen LogP contribution in [0.2, 0.25) is 0 Å². The summed E-state index contributed by atoms with van der Waals surface area (Å²) in [6.07, 6.45) is 3.99. The van der Waals surface area contributed by atoms with Gasteiger partial charge in [-0.25, -0.2) is 0 Å². The highest BCUT2D eigenvalue weighted by Gasteiger charge is 2.30. The van der Waals surface area contributed by atoms with E-state index in [9.17, 15) is 5.11 Å². The highest BCUT2D eigenvalue weighted by molar-refractivity contribution is 5.41. The molecule has 1 heterocycles. The lowest BCUT2D eigenvalue weighted by molar-refractivity contribution is 0.129. The number of fused-ring (bicyclic) bond motifs is 2. The van der Waals surface area contributed by atoms with Crippen LogP contribution in [0, 0.1) is 0 Å². The van der Waals surface area contributed by atoms with Gasteiger partial charge in [-0.05, 0) is 48.4 Å². The summed E-state index contributed by atoms with van der Waals surface area (Å²) in [5, 5.41) is 10.6. The molecule has 1 N–H and O–H groups in total. The van der Waals surface area contributed by atoms with Crippen molar-refractivity contribution in [1.82, 2.24) is 0 Å². The zero-order valence-corrected chi connectivity index (χ0v) is 12.1. The van der Waals surface area contributed by atoms with Crippen molar-refractivity contribution in [1.29, 1.82) is 0 Å². The van der Waals surface area contributed by atoms with Crippen LogP contribution in [0.15, 0.2) is 42.5 Å². The van der Waals surface area contributed by atoms with Crippen molar-refractivity contribution < 1.29 is 9.84 Å². The molecule has 0 amide bonds. The van der Waals surface area contributed by atoms with Gasteiger partial charge in [-0.2, -0.15) is 0 Å². The molecule has 0 aromatic heterocycles. The summed E-state index contributed by atoms with van der Waals surface area (Å²) in [6, 6.07) is 14.7. The maximum absolute atomic E-state index is 10.6. The Morgan fingerprint density at radius 3 is 2.90 bits per heavy atom. The molecule has 0 bridgehead atoms. The largest absolute Gasteiger partial charge is 0.493 e. The Hall–Kier alpha value is -1.80. The average molecular weight is 280 g/mol. The van der Waals surface area contributed by atoms with Gasteiger partial charge in [-0.15, -0.1) is 0 Å². The van der Waals surface area contributed by atoms with E-state index in [0.29, 0.717) is 13.0 Å². The average Bonchev–Trinajstić information content (AvgIpc) is 3.13. The standard InChI is InChI=1S/C19H20O2/c20-18(17-12-21-19-7-2-1-6-16(17)19)11-13-8-9-14-4-3-5-15(14)10-13/h1-2,6-10,17-18,20H,3-5,11-12H2. The normalized spacial score (nSPS) is 20.7. The molecule has 2 aromatic carbocycles. The lowest BCUT2D eigenvalue weighted by Crippen LogP contribution is -2.22.